The Bertz CT molecular complexity index is 637. The van der Waals surface area contributed by atoms with Gasteiger partial charge in [0.2, 0.25) is 0 Å². The lowest BCUT2D eigenvalue weighted by Crippen LogP contribution is -2.15. The molecule has 106 valence electrons. The van der Waals surface area contributed by atoms with Crippen LogP contribution in [-0.2, 0) is 12.2 Å². The fourth-order valence-corrected chi connectivity index (χ4v) is 2.97. The molecule has 0 fully saturated rings. The molecule has 0 aliphatic carbocycles. The molecule has 0 aliphatic heterocycles. The average Bonchev–Trinajstić information content (AvgIpc) is 2.44. The monoisotopic (exact) mass is 352 g/mol. The van der Waals surface area contributed by atoms with Crippen molar-refractivity contribution in [1.82, 2.24) is 9.97 Å². The Morgan fingerprint density at radius 3 is 2.65 bits per heavy atom. The zero-order chi connectivity index (χ0) is 14.5. The lowest BCUT2D eigenvalue weighted by atomic mass is 10.2. The number of hydrogen-bond donors (Lipinski definition) is 1. The van der Waals surface area contributed by atoms with Gasteiger partial charge in [0.25, 0.3) is 5.56 Å². The molecule has 0 spiro atoms. The number of hydrogen-bond acceptors (Lipinski definition) is 3. The predicted molar refractivity (Wildman–Crippen MR) is 87.3 cm³/mol. The van der Waals surface area contributed by atoms with Gasteiger partial charge < -0.3 is 4.98 Å². The molecule has 20 heavy (non-hydrogen) atoms. The van der Waals surface area contributed by atoms with Gasteiger partial charge in [-0.1, -0.05) is 31.0 Å². The molecule has 1 aromatic carbocycles. The Labute approximate surface area is 131 Å². The molecule has 0 radical (unpaired) electrons. The van der Waals surface area contributed by atoms with Crippen molar-refractivity contribution in [2.75, 3.05) is 0 Å². The molecule has 1 heterocycles. The zero-order valence-corrected chi connectivity index (χ0v) is 14.0. The summed E-state index contributed by atoms with van der Waals surface area (Å²) < 4.78 is 0.559. The second-order valence-corrected chi connectivity index (χ2v) is 6.47. The normalized spacial score (nSPS) is 10.8. The van der Waals surface area contributed by atoms with E-state index in [0.717, 1.165) is 24.4 Å². The van der Waals surface area contributed by atoms with Crippen LogP contribution in [0.1, 0.15) is 30.4 Å². The second kappa shape index (κ2) is 7.09. The molecule has 0 atom stereocenters. The fraction of sp³-hybridized carbons (Fsp3) is 0.333. The highest BCUT2D eigenvalue weighted by Crippen LogP contribution is 2.22. The number of nitrogens with one attached hydrogen (secondary N) is 1. The van der Waals surface area contributed by atoms with Crippen LogP contribution in [0.25, 0.3) is 0 Å². The van der Waals surface area contributed by atoms with E-state index in [4.69, 9.17) is 0 Å². The van der Waals surface area contributed by atoms with Gasteiger partial charge in [0.15, 0.2) is 0 Å². The molecular weight excluding hydrogens is 336 g/mol. The van der Waals surface area contributed by atoms with E-state index in [1.54, 1.807) is 11.8 Å². The number of rotatable bonds is 5. The van der Waals surface area contributed by atoms with Gasteiger partial charge in [0, 0.05) is 4.90 Å². The predicted octanol–water partition coefficient (Wildman–Crippen LogP) is 4.09. The van der Waals surface area contributed by atoms with E-state index >= 15 is 0 Å². The summed E-state index contributed by atoms with van der Waals surface area (Å²) in [6, 6.07) is 8.35. The quantitative estimate of drug-likeness (QED) is 0.824. The Kier molecular flexibility index (Phi) is 5.43. The van der Waals surface area contributed by atoms with Crippen LogP contribution >= 0.6 is 27.7 Å². The summed E-state index contributed by atoms with van der Waals surface area (Å²) >= 11 is 4.98. The Balaban J connectivity index is 2.13. The third kappa shape index (κ3) is 3.96. The van der Waals surface area contributed by atoms with Crippen LogP contribution in [0.5, 0.6) is 0 Å². The van der Waals surface area contributed by atoms with Crippen molar-refractivity contribution >= 4 is 27.7 Å². The van der Waals surface area contributed by atoms with Crippen molar-refractivity contribution in [3.05, 3.63) is 56.2 Å². The molecule has 0 saturated heterocycles. The molecular formula is C15H17BrN2OS. The fourth-order valence-electron chi connectivity index (χ4n) is 1.81. The number of halogens is 1. The number of thioether (sulfide) groups is 1. The maximum atomic E-state index is 11.8. The van der Waals surface area contributed by atoms with Gasteiger partial charge in [-0.05, 0) is 41.4 Å². The molecule has 0 aliphatic rings. The summed E-state index contributed by atoms with van der Waals surface area (Å²) in [5.74, 6) is 1.40. The lowest BCUT2D eigenvalue weighted by molar-refractivity contribution is 0.835. The van der Waals surface area contributed by atoms with E-state index in [9.17, 15) is 4.79 Å². The summed E-state index contributed by atoms with van der Waals surface area (Å²) in [5, 5.41) is 0. The molecule has 1 N–H and O–H groups in total. The Hall–Kier alpha value is -1.07. The van der Waals surface area contributed by atoms with Crippen LogP contribution in [0.4, 0.5) is 0 Å². The van der Waals surface area contributed by atoms with Crippen LogP contribution in [0.15, 0.2) is 38.4 Å². The van der Waals surface area contributed by atoms with Crippen molar-refractivity contribution in [3.63, 3.8) is 0 Å². The smallest absolute Gasteiger partial charge is 0.265 e. The summed E-state index contributed by atoms with van der Waals surface area (Å²) in [6.45, 7) is 4.15. The molecule has 5 heteroatoms. The minimum Gasteiger partial charge on any atom is -0.309 e. The van der Waals surface area contributed by atoms with Crippen LogP contribution in [0.2, 0.25) is 0 Å². The summed E-state index contributed by atoms with van der Waals surface area (Å²) in [6.07, 6.45) is 1.78. The number of aromatic nitrogens is 2. The first-order valence-corrected chi connectivity index (χ1v) is 8.35. The van der Waals surface area contributed by atoms with Crippen LogP contribution < -0.4 is 5.56 Å². The highest BCUT2D eigenvalue weighted by Gasteiger charge is 2.08. The van der Waals surface area contributed by atoms with Crippen molar-refractivity contribution in [2.24, 2.45) is 0 Å². The molecule has 2 rings (SSSR count). The van der Waals surface area contributed by atoms with Crippen LogP contribution in [-0.4, -0.2) is 9.97 Å². The maximum absolute atomic E-state index is 11.8. The molecule has 0 amide bonds. The maximum Gasteiger partial charge on any atom is 0.265 e. The standard InChI is InChI=1S/C15H17BrN2OS/c1-3-4-12-14(16)15(19)18-13(17-12)9-20-11-7-5-10(2)6-8-11/h5-8H,3-4,9H2,1-2H3,(H,17,18,19). The van der Waals surface area contributed by atoms with Gasteiger partial charge in [-0.15, -0.1) is 11.8 Å². The summed E-state index contributed by atoms with van der Waals surface area (Å²) in [7, 11) is 0. The van der Waals surface area contributed by atoms with Crippen LogP contribution in [0, 0.1) is 6.92 Å². The third-order valence-electron chi connectivity index (χ3n) is 2.86. The highest BCUT2D eigenvalue weighted by atomic mass is 79.9. The molecule has 1 aromatic heterocycles. The van der Waals surface area contributed by atoms with Gasteiger partial charge in [0.1, 0.15) is 10.3 Å². The van der Waals surface area contributed by atoms with E-state index in [1.165, 1.54) is 10.5 Å². The topological polar surface area (TPSA) is 45.8 Å². The van der Waals surface area contributed by atoms with Gasteiger partial charge in [-0.3, -0.25) is 4.79 Å². The SMILES string of the molecule is CCCc1nc(CSc2ccc(C)cc2)[nH]c(=O)c1Br. The van der Waals surface area contributed by atoms with E-state index in [0.29, 0.717) is 10.2 Å². The van der Waals surface area contributed by atoms with Gasteiger partial charge in [0.05, 0.1) is 11.4 Å². The summed E-state index contributed by atoms with van der Waals surface area (Å²) in [4.78, 5) is 20.4. The first kappa shape index (κ1) is 15.3. The molecule has 0 bridgehead atoms. The van der Waals surface area contributed by atoms with E-state index < -0.39 is 0 Å². The van der Waals surface area contributed by atoms with Crippen molar-refractivity contribution in [3.8, 4) is 0 Å². The van der Waals surface area contributed by atoms with Crippen molar-refractivity contribution in [2.45, 2.75) is 37.3 Å². The second-order valence-electron chi connectivity index (χ2n) is 4.63. The molecule has 0 saturated carbocycles. The first-order chi connectivity index (χ1) is 9.60. The van der Waals surface area contributed by atoms with E-state index in [-0.39, 0.29) is 5.56 Å². The van der Waals surface area contributed by atoms with Gasteiger partial charge in [-0.25, -0.2) is 4.98 Å². The minimum atomic E-state index is -0.0945. The van der Waals surface area contributed by atoms with E-state index in [1.807, 2.05) is 0 Å². The van der Waals surface area contributed by atoms with Crippen LogP contribution in [0.3, 0.4) is 0 Å². The number of aryl methyl sites for hydroxylation is 2. The highest BCUT2D eigenvalue weighted by molar-refractivity contribution is 9.10. The number of benzene rings is 1. The Morgan fingerprint density at radius 2 is 2.00 bits per heavy atom. The largest absolute Gasteiger partial charge is 0.309 e. The molecule has 3 nitrogen and oxygen atoms in total. The number of H-pyrrole nitrogens is 1. The Morgan fingerprint density at radius 1 is 1.30 bits per heavy atom. The summed E-state index contributed by atoms with van der Waals surface area (Å²) in [5.41, 5.74) is 1.99. The zero-order valence-electron chi connectivity index (χ0n) is 11.6. The van der Waals surface area contributed by atoms with Crippen molar-refractivity contribution in [1.29, 1.82) is 0 Å². The number of nitrogens with zero attached hydrogens (tertiary/aromatic N) is 1. The molecule has 2 aromatic rings. The van der Waals surface area contributed by atoms with Crippen molar-refractivity contribution < 1.29 is 0 Å². The molecule has 0 unspecified atom stereocenters. The minimum absolute atomic E-state index is 0.0945. The lowest BCUT2D eigenvalue weighted by Gasteiger charge is -2.06. The van der Waals surface area contributed by atoms with E-state index in [2.05, 4.69) is 64.0 Å². The average molecular weight is 353 g/mol. The van der Waals surface area contributed by atoms with Gasteiger partial charge >= 0.3 is 0 Å². The number of aromatic amines is 1. The first-order valence-electron chi connectivity index (χ1n) is 6.57. The third-order valence-corrected chi connectivity index (χ3v) is 4.70. The van der Waals surface area contributed by atoms with Gasteiger partial charge in [-0.2, -0.15) is 0 Å².